The average Bonchev–Trinajstić information content (AvgIpc) is 2.28. The Hall–Kier alpha value is -0.940. The second-order valence-corrected chi connectivity index (χ2v) is 5.67. The monoisotopic (exact) mass is 355 g/mol. The molecule has 1 nitrogen and oxygen atoms in total. The summed E-state index contributed by atoms with van der Waals surface area (Å²) in [6.45, 7) is 4.11. The third kappa shape index (κ3) is 2.72. The number of nitrogens with two attached hydrogens (primary N) is 1. The minimum absolute atomic E-state index is 0.210. The molecule has 0 aromatic heterocycles. The highest BCUT2D eigenvalue weighted by atomic mass is 127. The van der Waals surface area contributed by atoms with Crippen molar-refractivity contribution in [2.45, 2.75) is 19.9 Å². The van der Waals surface area contributed by atoms with Gasteiger partial charge in [-0.2, -0.15) is 0 Å². The topological polar surface area (TPSA) is 26.0 Å². The fourth-order valence-corrected chi connectivity index (χ4v) is 2.91. The summed E-state index contributed by atoms with van der Waals surface area (Å²) in [6, 6.07) is 10.7. The van der Waals surface area contributed by atoms with E-state index < -0.39 is 0 Å². The Morgan fingerprint density at radius 3 is 2.33 bits per heavy atom. The molecule has 3 heteroatoms. The lowest BCUT2D eigenvalue weighted by Crippen LogP contribution is -2.14. The number of aryl methyl sites for hydroxylation is 2. The SMILES string of the molecule is Cc1ccc(C(N)c2ccc(F)cc2I)c(C)c1. The lowest BCUT2D eigenvalue weighted by atomic mass is 9.94. The van der Waals surface area contributed by atoms with E-state index in [-0.39, 0.29) is 11.9 Å². The van der Waals surface area contributed by atoms with Gasteiger partial charge in [0, 0.05) is 3.57 Å². The van der Waals surface area contributed by atoms with Gasteiger partial charge in [-0.05, 0) is 65.3 Å². The van der Waals surface area contributed by atoms with Crippen LogP contribution in [0, 0.1) is 23.2 Å². The van der Waals surface area contributed by atoms with Crippen molar-refractivity contribution in [1.82, 2.24) is 0 Å². The number of rotatable bonds is 2. The van der Waals surface area contributed by atoms with Gasteiger partial charge in [-0.25, -0.2) is 4.39 Å². The Balaban J connectivity index is 2.44. The van der Waals surface area contributed by atoms with Gasteiger partial charge in [0.05, 0.1) is 6.04 Å². The summed E-state index contributed by atoms with van der Waals surface area (Å²) < 4.78 is 14.0. The van der Waals surface area contributed by atoms with Gasteiger partial charge in [0.15, 0.2) is 0 Å². The molecule has 1 atom stereocenters. The summed E-state index contributed by atoms with van der Waals surface area (Å²) in [6.07, 6.45) is 0. The number of hydrogen-bond acceptors (Lipinski definition) is 1. The fourth-order valence-electron chi connectivity index (χ4n) is 2.10. The van der Waals surface area contributed by atoms with Gasteiger partial charge >= 0.3 is 0 Å². The van der Waals surface area contributed by atoms with Gasteiger partial charge in [-0.15, -0.1) is 0 Å². The summed E-state index contributed by atoms with van der Waals surface area (Å²) in [5, 5.41) is 0. The number of halogens is 2. The van der Waals surface area contributed by atoms with E-state index in [1.807, 2.05) is 0 Å². The van der Waals surface area contributed by atoms with Crippen LogP contribution < -0.4 is 5.73 Å². The van der Waals surface area contributed by atoms with E-state index in [1.165, 1.54) is 23.3 Å². The first-order chi connectivity index (χ1) is 8.49. The maximum atomic E-state index is 13.1. The van der Waals surface area contributed by atoms with Gasteiger partial charge in [-0.3, -0.25) is 0 Å². The molecule has 0 aliphatic heterocycles. The molecule has 18 heavy (non-hydrogen) atoms. The van der Waals surface area contributed by atoms with Crippen LogP contribution in [0.25, 0.3) is 0 Å². The Kier molecular flexibility index (Phi) is 4.02. The molecule has 0 heterocycles. The molecule has 0 saturated carbocycles. The Bertz CT molecular complexity index is 529. The molecule has 94 valence electrons. The molecule has 0 fully saturated rings. The highest BCUT2D eigenvalue weighted by molar-refractivity contribution is 14.1. The molecule has 0 saturated heterocycles. The average molecular weight is 355 g/mol. The second-order valence-electron chi connectivity index (χ2n) is 4.50. The summed E-state index contributed by atoms with van der Waals surface area (Å²) >= 11 is 2.13. The van der Waals surface area contributed by atoms with E-state index in [4.69, 9.17) is 5.73 Å². The molecule has 0 bridgehead atoms. The fraction of sp³-hybridized carbons (Fsp3) is 0.200. The van der Waals surface area contributed by atoms with Gasteiger partial charge in [0.2, 0.25) is 0 Å². The Labute approximate surface area is 120 Å². The van der Waals surface area contributed by atoms with Crippen LogP contribution in [0.1, 0.15) is 28.3 Å². The van der Waals surface area contributed by atoms with E-state index in [1.54, 1.807) is 6.07 Å². The highest BCUT2D eigenvalue weighted by Gasteiger charge is 2.14. The molecule has 2 aromatic carbocycles. The molecule has 0 aliphatic carbocycles. The molecular weight excluding hydrogens is 340 g/mol. The van der Waals surface area contributed by atoms with Crippen LogP contribution in [0.5, 0.6) is 0 Å². The Morgan fingerprint density at radius 1 is 1.06 bits per heavy atom. The molecule has 2 N–H and O–H groups in total. The van der Waals surface area contributed by atoms with Crippen molar-refractivity contribution in [3.8, 4) is 0 Å². The zero-order valence-electron chi connectivity index (χ0n) is 10.4. The third-order valence-electron chi connectivity index (χ3n) is 3.06. The van der Waals surface area contributed by atoms with Crippen LogP contribution in [-0.4, -0.2) is 0 Å². The summed E-state index contributed by atoms with van der Waals surface area (Å²) in [4.78, 5) is 0. The lowest BCUT2D eigenvalue weighted by Gasteiger charge is -2.17. The minimum Gasteiger partial charge on any atom is -0.320 e. The Morgan fingerprint density at radius 2 is 1.72 bits per heavy atom. The normalized spacial score (nSPS) is 12.5. The van der Waals surface area contributed by atoms with Crippen molar-refractivity contribution in [2.75, 3.05) is 0 Å². The lowest BCUT2D eigenvalue weighted by molar-refractivity contribution is 0.625. The van der Waals surface area contributed by atoms with E-state index in [0.29, 0.717) is 0 Å². The molecule has 0 amide bonds. The number of benzene rings is 2. The van der Waals surface area contributed by atoms with Crippen molar-refractivity contribution >= 4 is 22.6 Å². The molecule has 0 radical (unpaired) electrons. The largest absolute Gasteiger partial charge is 0.320 e. The van der Waals surface area contributed by atoms with Crippen molar-refractivity contribution < 1.29 is 4.39 Å². The van der Waals surface area contributed by atoms with E-state index in [0.717, 1.165) is 14.7 Å². The van der Waals surface area contributed by atoms with Crippen LogP contribution in [-0.2, 0) is 0 Å². The predicted molar refractivity (Wildman–Crippen MR) is 81.1 cm³/mol. The molecular formula is C15H15FIN. The molecule has 2 rings (SSSR count). The number of hydrogen-bond donors (Lipinski definition) is 1. The van der Waals surface area contributed by atoms with Gasteiger partial charge in [-0.1, -0.05) is 29.8 Å². The van der Waals surface area contributed by atoms with Gasteiger partial charge in [0.1, 0.15) is 5.82 Å². The van der Waals surface area contributed by atoms with Crippen LogP contribution in [0.4, 0.5) is 4.39 Å². The van der Waals surface area contributed by atoms with E-state index in [9.17, 15) is 4.39 Å². The summed E-state index contributed by atoms with van der Waals surface area (Å²) in [5.74, 6) is -0.226. The van der Waals surface area contributed by atoms with Crippen molar-refractivity contribution in [3.63, 3.8) is 0 Å². The zero-order chi connectivity index (χ0) is 13.3. The van der Waals surface area contributed by atoms with Crippen LogP contribution >= 0.6 is 22.6 Å². The summed E-state index contributed by atoms with van der Waals surface area (Å²) in [5.41, 5.74) is 10.7. The third-order valence-corrected chi connectivity index (χ3v) is 3.99. The maximum Gasteiger partial charge on any atom is 0.124 e. The standard InChI is InChI=1S/C15H15FIN/c1-9-3-5-12(10(2)7-9)15(18)13-6-4-11(16)8-14(13)17/h3-8,15H,18H2,1-2H3. The summed E-state index contributed by atoms with van der Waals surface area (Å²) in [7, 11) is 0. The maximum absolute atomic E-state index is 13.1. The first-order valence-electron chi connectivity index (χ1n) is 5.76. The second kappa shape index (κ2) is 5.36. The van der Waals surface area contributed by atoms with Crippen molar-refractivity contribution in [1.29, 1.82) is 0 Å². The molecule has 1 unspecified atom stereocenters. The first kappa shape index (κ1) is 13.5. The van der Waals surface area contributed by atoms with Crippen LogP contribution in [0.2, 0.25) is 0 Å². The predicted octanol–water partition coefficient (Wildman–Crippen LogP) is 4.10. The van der Waals surface area contributed by atoms with E-state index >= 15 is 0 Å². The van der Waals surface area contributed by atoms with Gasteiger partial charge in [0.25, 0.3) is 0 Å². The van der Waals surface area contributed by atoms with Crippen LogP contribution in [0.3, 0.4) is 0 Å². The molecule has 0 aliphatic rings. The van der Waals surface area contributed by atoms with Crippen LogP contribution in [0.15, 0.2) is 36.4 Å². The highest BCUT2D eigenvalue weighted by Crippen LogP contribution is 2.27. The van der Waals surface area contributed by atoms with Gasteiger partial charge < -0.3 is 5.73 Å². The van der Waals surface area contributed by atoms with E-state index in [2.05, 4.69) is 54.6 Å². The minimum atomic E-state index is -0.226. The molecule has 2 aromatic rings. The van der Waals surface area contributed by atoms with Crippen molar-refractivity contribution in [2.24, 2.45) is 5.73 Å². The quantitative estimate of drug-likeness (QED) is 0.807. The zero-order valence-corrected chi connectivity index (χ0v) is 12.5. The first-order valence-corrected chi connectivity index (χ1v) is 6.84. The van der Waals surface area contributed by atoms with Crippen molar-refractivity contribution in [3.05, 3.63) is 68.0 Å². The smallest absolute Gasteiger partial charge is 0.124 e. The molecule has 0 spiro atoms.